The normalized spacial score (nSPS) is 14.7. The minimum atomic E-state index is -0.994. The molecule has 1 aliphatic rings. The number of hydrogen-bond acceptors (Lipinski definition) is 7. The molecule has 2 aromatic heterocycles. The number of amides is 2. The predicted octanol–water partition coefficient (Wildman–Crippen LogP) is 2.39. The molecule has 1 aliphatic carbocycles. The van der Waals surface area contributed by atoms with E-state index in [9.17, 15) is 19.1 Å². The Balaban J connectivity index is 1.58. The second kappa shape index (κ2) is 11.2. The van der Waals surface area contributed by atoms with Crippen LogP contribution in [0.4, 0.5) is 4.39 Å². The summed E-state index contributed by atoms with van der Waals surface area (Å²) in [6.07, 6.45) is 4.10. The number of aromatic nitrogens is 4. The molecule has 0 radical (unpaired) electrons. The second-order valence-corrected chi connectivity index (χ2v) is 8.66. The van der Waals surface area contributed by atoms with Crippen LogP contribution >= 0.6 is 0 Å². The quantitative estimate of drug-likeness (QED) is 0.452. The van der Waals surface area contributed by atoms with Crippen LogP contribution in [0, 0.1) is 12.7 Å². The van der Waals surface area contributed by atoms with Gasteiger partial charge in [-0.25, -0.2) is 4.39 Å². The fourth-order valence-corrected chi connectivity index (χ4v) is 4.28. The smallest absolute Gasteiger partial charge is 0.247 e. The highest BCUT2D eigenvalue weighted by Crippen LogP contribution is 2.25. The van der Waals surface area contributed by atoms with Crippen LogP contribution in [0.15, 0.2) is 40.8 Å². The second-order valence-electron chi connectivity index (χ2n) is 8.66. The summed E-state index contributed by atoms with van der Waals surface area (Å²) in [6, 6.07) is 8.05. The number of carbonyl (C=O) groups excluding carboxylic acids is 2. The summed E-state index contributed by atoms with van der Waals surface area (Å²) in [6.45, 7) is 1.48. The molecule has 11 heteroatoms. The zero-order valence-electron chi connectivity index (χ0n) is 19.6. The molecule has 3 aromatic rings. The Labute approximate surface area is 202 Å². The average molecular weight is 485 g/mol. The summed E-state index contributed by atoms with van der Waals surface area (Å²) < 4.78 is 19.1. The van der Waals surface area contributed by atoms with Gasteiger partial charge in [0, 0.05) is 19.2 Å². The van der Waals surface area contributed by atoms with Crippen LogP contribution in [0.2, 0.25) is 0 Å². The third kappa shape index (κ3) is 6.10. The zero-order chi connectivity index (χ0) is 24.8. The van der Waals surface area contributed by atoms with Crippen molar-refractivity contribution in [3.05, 3.63) is 53.5 Å². The number of halogens is 1. The van der Waals surface area contributed by atoms with Gasteiger partial charge in [0.15, 0.2) is 5.76 Å². The van der Waals surface area contributed by atoms with Crippen molar-refractivity contribution in [2.24, 2.45) is 0 Å². The first-order valence-corrected chi connectivity index (χ1v) is 11.8. The lowest BCUT2D eigenvalue weighted by atomic mass is 10.0. The molecule has 10 nitrogen and oxygen atoms in total. The van der Waals surface area contributed by atoms with Crippen molar-refractivity contribution in [2.75, 3.05) is 13.2 Å². The number of aliphatic hydroxyl groups excluding tert-OH is 1. The summed E-state index contributed by atoms with van der Waals surface area (Å²) >= 11 is 0. The third-order valence-corrected chi connectivity index (χ3v) is 6.02. The van der Waals surface area contributed by atoms with Gasteiger partial charge in [0.2, 0.25) is 17.6 Å². The first-order valence-electron chi connectivity index (χ1n) is 11.8. The van der Waals surface area contributed by atoms with E-state index in [4.69, 9.17) is 4.42 Å². The molecule has 0 saturated heterocycles. The molecule has 1 fully saturated rings. The average Bonchev–Trinajstić information content (AvgIpc) is 3.60. The molecule has 0 bridgehead atoms. The summed E-state index contributed by atoms with van der Waals surface area (Å²) in [5, 5.41) is 24.6. The highest BCUT2D eigenvalue weighted by Gasteiger charge is 2.33. The number of nitrogens with zero attached hydrogens (tertiary/aromatic N) is 5. The van der Waals surface area contributed by atoms with Gasteiger partial charge in [-0.15, -0.1) is 10.2 Å². The fraction of sp³-hybridized carbons (Fsp3) is 0.458. The fourth-order valence-electron chi connectivity index (χ4n) is 4.28. The molecule has 0 aliphatic heterocycles. The lowest BCUT2D eigenvalue weighted by Crippen LogP contribution is -2.47. The molecule has 2 N–H and O–H groups in total. The molecule has 35 heavy (non-hydrogen) atoms. The van der Waals surface area contributed by atoms with Gasteiger partial charge in [-0.1, -0.05) is 25.0 Å². The Morgan fingerprint density at radius 1 is 1.23 bits per heavy atom. The van der Waals surface area contributed by atoms with Crippen LogP contribution < -0.4 is 5.32 Å². The number of aryl methyl sites for hydroxylation is 1. The van der Waals surface area contributed by atoms with Gasteiger partial charge >= 0.3 is 0 Å². The van der Waals surface area contributed by atoms with Gasteiger partial charge in [-0.2, -0.15) is 4.80 Å². The van der Waals surface area contributed by atoms with Crippen LogP contribution in [0.25, 0.3) is 11.6 Å². The molecule has 186 valence electrons. The van der Waals surface area contributed by atoms with Crippen molar-refractivity contribution in [2.45, 2.75) is 57.7 Å². The molecule has 1 saturated carbocycles. The van der Waals surface area contributed by atoms with Crippen molar-refractivity contribution in [3.8, 4) is 11.6 Å². The topological polar surface area (TPSA) is 126 Å². The first-order chi connectivity index (χ1) is 16.9. The van der Waals surface area contributed by atoms with E-state index in [2.05, 4.69) is 20.7 Å². The minimum Gasteiger partial charge on any atom is -0.458 e. The number of hydrogen-bond donors (Lipinski definition) is 2. The van der Waals surface area contributed by atoms with Gasteiger partial charge in [-0.05, 0) is 61.2 Å². The van der Waals surface area contributed by atoms with E-state index >= 15 is 0 Å². The Bertz CT molecular complexity index is 1140. The van der Waals surface area contributed by atoms with Gasteiger partial charge < -0.3 is 19.7 Å². The van der Waals surface area contributed by atoms with E-state index in [1.807, 2.05) is 0 Å². The van der Waals surface area contributed by atoms with Crippen LogP contribution in [-0.2, 0) is 16.1 Å². The van der Waals surface area contributed by atoms with Gasteiger partial charge in [0.25, 0.3) is 0 Å². The van der Waals surface area contributed by atoms with Crippen molar-refractivity contribution in [1.29, 1.82) is 0 Å². The highest BCUT2D eigenvalue weighted by molar-refractivity contribution is 5.88. The lowest BCUT2D eigenvalue weighted by molar-refractivity contribution is -0.142. The molecule has 4 rings (SSSR count). The van der Waals surface area contributed by atoms with E-state index in [-0.39, 0.29) is 43.9 Å². The molecular weight excluding hydrogens is 455 g/mol. The van der Waals surface area contributed by atoms with Crippen LogP contribution in [0.5, 0.6) is 0 Å². The van der Waals surface area contributed by atoms with E-state index in [0.29, 0.717) is 17.1 Å². The van der Waals surface area contributed by atoms with Crippen molar-refractivity contribution < 1.29 is 23.5 Å². The van der Waals surface area contributed by atoms with Crippen LogP contribution in [0.3, 0.4) is 0 Å². The third-order valence-electron chi connectivity index (χ3n) is 6.02. The number of aliphatic hydroxyl groups is 1. The van der Waals surface area contributed by atoms with E-state index in [0.717, 1.165) is 30.5 Å². The number of nitrogens with one attached hydrogen (secondary N) is 1. The maximum atomic E-state index is 13.6. The molecule has 0 spiro atoms. The van der Waals surface area contributed by atoms with Gasteiger partial charge in [0.05, 0.1) is 0 Å². The van der Waals surface area contributed by atoms with E-state index in [1.165, 1.54) is 29.2 Å². The number of carbonyl (C=O) groups is 2. The summed E-state index contributed by atoms with van der Waals surface area (Å²) in [5.41, 5.74) is 0.478. The molecule has 1 aromatic carbocycles. The zero-order valence-corrected chi connectivity index (χ0v) is 19.6. The molecule has 2 heterocycles. The molecule has 0 unspecified atom stereocenters. The summed E-state index contributed by atoms with van der Waals surface area (Å²) in [7, 11) is 0. The SMILES string of the molecule is Cc1ccc(-c2nnn(CC(=O)N(CCCO)[C@@H](C(=O)NC3CCCC3)c3ccc(F)cc3)n2)o1. The Hall–Kier alpha value is -3.60. The summed E-state index contributed by atoms with van der Waals surface area (Å²) in [4.78, 5) is 29.4. The largest absolute Gasteiger partial charge is 0.458 e. The maximum Gasteiger partial charge on any atom is 0.247 e. The molecule has 1 atom stereocenters. The molecule has 2 amide bonds. The van der Waals surface area contributed by atoms with Crippen LogP contribution in [0.1, 0.15) is 49.5 Å². The Morgan fingerprint density at radius 3 is 2.63 bits per heavy atom. The van der Waals surface area contributed by atoms with Gasteiger partial charge in [0.1, 0.15) is 24.2 Å². The van der Waals surface area contributed by atoms with Crippen LogP contribution in [-0.4, -0.2) is 61.2 Å². The predicted molar refractivity (Wildman–Crippen MR) is 123 cm³/mol. The Morgan fingerprint density at radius 2 is 1.97 bits per heavy atom. The maximum absolute atomic E-state index is 13.6. The molecular formula is C24H29FN6O4. The standard InChI is InChI=1S/C24H29FN6O4/c1-16-7-12-20(35-16)23-27-29-31(28-23)15-21(33)30(13-4-14-32)22(17-8-10-18(25)11-9-17)24(34)26-19-5-2-3-6-19/h7-12,19,22,32H,2-6,13-15H2,1H3,(H,26,34)/t22-/m1/s1. The number of tetrazole rings is 1. The lowest BCUT2D eigenvalue weighted by Gasteiger charge is -2.32. The highest BCUT2D eigenvalue weighted by atomic mass is 19.1. The van der Waals surface area contributed by atoms with Crippen molar-refractivity contribution >= 4 is 11.8 Å². The number of furan rings is 1. The Kier molecular flexibility index (Phi) is 7.86. The minimum absolute atomic E-state index is 0.0385. The van der Waals surface area contributed by atoms with E-state index in [1.54, 1.807) is 19.1 Å². The number of rotatable bonds is 10. The van der Waals surface area contributed by atoms with E-state index < -0.39 is 17.8 Å². The first kappa shape index (κ1) is 24.5. The summed E-state index contributed by atoms with van der Waals surface area (Å²) in [5.74, 6) is 0.143. The monoisotopic (exact) mass is 484 g/mol. The number of benzene rings is 1. The van der Waals surface area contributed by atoms with Crippen molar-refractivity contribution in [1.82, 2.24) is 30.4 Å². The van der Waals surface area contributed by atoms with Crippen molar-refractivity contribution in [3.63, 3.8) is 0 Å². The van der Waals surface area contributed by atoms with Gasteiger partial charge in [-0.3, -0.25) is 9.59 Å².